The van der Waals surface area contributed by atoms with Crippen molar-refractivity contribution in [3.05, 3.63) is 70.8 Å². The first-order valence-corrected chi connectivity index (χ1v) is 10.1. The zero-order chi connectivity index (χ0) is 17.8. The summed E-state index contributed by atoms with van der Waals surface area (Å²) in [5.74, 6) is 0. The molecule has 0 aliphatic carbocycles. The zero-order valence-corrected chi connectivity index (χ0v) is 15.9. The number of aromatic nitrogens is 3. The van der Waals surface area contributed by atoms with Crippen molar-refractivity contribution in [2.75, 3.05) is 0 Å². The predicted molar refractivity (Wildman–Crippen MR) is 113 cm³/mol. The number of thiocarbonyl (C=S) groups is 1. The fourth-order valence-corrected chi connectivity index (χ4v) is 4.00. The molecule has 0 spiro atoms. The number of hydrogen-bond acceptors (Lipinski definition) is 4. The number of H-pyrrole nitrogens is 1. The number of benzene rings is 1. The number of hydrogen-bond donors (Lipinski definition) is 1. The molecule has 0 atom stereocenters. The van der Waals surface area contributed by atoms with Gasteiger partial charge in [-0.1, -0.05) is 36.5 Å². The van der Waals surface area contributed by atoms with E-state index in [4.69, 9.17) is 12.2 Å². The Bertz CT molecular complexity index is 1020. The van der Waals surface area contributed by atoms with E-state index in [-0.39, 0.29) is 0 Å². The van der Waals surface area contributed by atoms with Crippen molar-refractivity contribution in [1.82, 2.24) is 15.0 Å². The molecule has 3 nitrogen and oxygen atoms in total. The van der Waals surface area contributed by atoms with E-state index in [0.29, 0.717) is 0 Å². The van der Waals surface area contributed by atoms with Gasteiger partial charge in [-0.25, -0.2) is 9.97 Å². The lowest BCUT2D eigenvalue weighted by atomic mass is 9.98. The highest BCUT2D eigenvalue weighted by Crippen LogP contribution is 2.25. The van der Waals surface area contributed by atoms with Crippen LogP contribution in [0.2, 0.25) is 0 Å². The third-order valence-electron chi connectivity index (χ3n) is 4.62. The van der Waals surface area contributed by atoms with Gasteiger partial charge in [0, 0.05) is 28.7 Å². The molecule has 130 valence electrons. The van der Waals surface area contributed by atoms with Crippen LogP contribution in [0.5, 0.6) is 0 Å². The highest BCUT2D eigenvalue weighted by Gasteiger charge is 2.09. The normalized spacial score (nSPS) is 11.1. The van der Waals surface area contributed by atoms with Crippen LogP contribution in [0.1, 0.15) is 24.0 Å². The first-order chi connectivity index (χ1) is 12.8. The number of fused-ring (bicyclic) bond motifs is 1. The SMILES string of the molecule is S=C(CCc1ccccc1-c1cscn1)CCc1ccnc2[nH]ccc12. The van der Waals surface area contributed by atoms with Crippen molar-refractivity contribution in [3.63, 3.8) is 0 Å². The molecule has 0 radical (unpaired) electrons. The minimum atomic E-state index is 0.928. The van der Waals surface area contributed by atoms with Crippen LogP contribution in [0.15, 0.2) is 59.7 Å². The summed E-state index contributed by atoms with van der Waals surface area (Å²) >= 11 is 7.29. The number of pyridine rings is 1. The Balaban J connectivity index is 1.39. The average molecular weight is 378 g/mol. The molecule has 0 saturated heterocycles. The molecule has 5 heteroatoms. The number of nitrogens with one attached hydrogen (secondary N) is 1. The topological polar surface area (TPSA) is 41.6 Å². The minimum absolute atomic E-state index is 0.928. The molecule has 0 aliphatic heterocycles. The van der Waals surface area contributed by atoms with Crippen molar-refractivity contribution in [3.8, 4) is 11.3 Å². The first-order valence-electron chi connectivity index (χ1n) is 8.70. The first kappa shape index (κ1) is 17.1. The molecule has 1 aromatic carbocycles. The number of nitrogens with zero attached hydrogens (tertiary/aromatic N) is 2. The van der Waals surface area contributed by atoms with Gasteiger partial charge < -0.3 is 4.98 Å². The fraction of sp³-hybridized carbons (Fsp3) is 0.190. The third kappa shape index (κ3) is 3.74. The monoisotopic (exact) mass is 377 g/mol. The zero-order valence-electron chi connectivity index (χ0n) is 14.3. The van der Waals surface area contributed by atoms with Crippen LogP contribution < -0.4 is 0 Å². The predicted octanol–water partition coefficient (Wildman–Crippen LogP) is 5.62. The van der Waals surface area contributed by atoms with Gasteiger partial charge >= 0.3 is 0 Å². The van der Waals surface area contributed by atoms with E-state index in [0.717, 1.165) is 41.9 Å². The van der Waals surface area contributed by atoms with Crippen molar-refractivity contribution < 1.29 is 0 Å². The number of rotatable bonds is 7. The van der Waals surface area contributed by atoms with E-state index < -0.39 is 0 Å². The van der Waals surface area contributed by atoms with E-state index in [1.54, 1.807) is 11.3 Å². The Morgan fingerprint density at radius 2 is 1.85 bits per heavy atom. The molecule has 26 heavy (non-hydrogen) atoms. The summed E-state index contributed by atoms with van der Waals surface area (Å²) in [5, 5.41) is 3.30. The van der Waals surface area contributed by atoms with Crippen molar-refractivity contribution in [2.45, 2.75) is 25.7 Å². The summed E-state index contributed by atoms with van der Waals surface area (Å²) in [4.78, 5) is 13.1. The standard InChI is InChI=1S/C21H19N3S2/c25-17(8-6-16-9-11-22-21-19(16)10-12-23-21)7-5-15-3-1-2-4-18(15)20-13-26-14-24-20/h1-4,9-14H,5-8H2,(H,22,23). The molecule has 3 aromatic heterocycles. The van der Waals surface area contributed by atoms with Crippen molar-refractivity contribution in [2.24, 2.45) is 0 Å². The summed E-state index contributed by atoms with van der Waals surface area (Å²) < 4.78 is 0. The summed E-state index contributed by atoms with van der Waals surface area (Å²) in [6.45, 7) is 0. The molecule has 0 unspecified atom stereocenters. The highest BCUT2D eigenvalue weighted by molar-refractivity contribution is 7.80. The summed E-state index contributed by atoms with van der Waals surface area (Å²) in [7, 11) is 0. The van der Waals surface area contributed by atoms with Gasteiger partial charge in [0.1, 0.15) is 5.65 Å². The van der Waals surface area contributed by atoms with Crippen LogP contribution in [0.25, 0.3) is 22.3 Å². The van der Waals surface area contributed by atoms with Gasteiger partial charge in [0.2, 0.25) is 0 Å². The Morgan fingerprint density at radius 3 is 2.69 bits per heavy atom. The lowest BCUT2D eigenvalue weighted by Gasteiger charge is -2.09. The van der Waals surface area contributed by atoms with E-state index in [1.165, 1.54) is 22.1 Å². The fourth-order valence-electron chi connectivity index (χ4n) is 3.24. The maximum absolute atomic E-state index is 5.66. The quantitative estimate of drug-likeness (QED) is 0.425. The molecule has 4 rings (SSSR count). The van der Waals surface area contributed by atoms with E-state index in [1.807, 2.05) is 17.9 Å². The number of aromatic amines is 1. The molecule has 3 heterocycles. The minimum Gasteiger partial charge on any atom is -0.346 e. The Kier molecular flexibility index (Phi) is 5.18. The molecule has 4 aromatic rings. The molecule has 0 aliphatic rings. The summed E-state index contributed by atoms with van der Waals surface area (Å²) in [5.41, 5.74) is 7.74. The molecule has 0 amide bonds. The molecule has 0 fully saturated rings. The Morgan fingerprint density at radius 1 is 1.00 bits per heavy atom. The lowest BCUT2D eigenvalue weighted by Crippen LogP contribution is -2.01. The van der Waals surface area contributed by atoms with E-state index in [9.17, 15) is 0 Å². The van der Waals surface area contributed by atoms with Crippen LogP contribution in [0.4, 0.5) is 0 Å². The molecule has 1 N–H and O–H groups in total. The summed E-state index contributed by atoms with van der Waals surface area (Å²) in [6, 6.07) is 12.7. The molecular weight excluding hydrogens is 358 g/mol. The number of aryl methyl sites for hydroxylation is 2. The van der Waals surface area contributed by atoms with Crippen LogP contribution in [0.3, 0.4) is 0 Å². The second-order valence-corrected chi connectivity index (χ2v) is 7.58. The van der Waals surface area contributed by atoms with Crippen LogP contribution in [-0.2, 0) is 12.8 Å². The Hall–Kier alpha value is -2.37. The lowest BCUT2D eigenvalue weighted by molar-refractivity contribution is 0.980. The molecule has 0 bridgehead atoms. The smallest absolute Gasteiger partial charge is 0.137 e. The van der Waals surface area contributed by atoms with Gasteiger partial charge in [0.15, 0.2) is 0 Å². The molecular formula is C21H19N3S2. The maximum atomic E-state index is 5.66. The number of thiazole rings is 1. The van der Waals surface area contributed by atoms with Crippen molar-refractivity contribution >= 4 is 39.5 Å². The molecule has 0 saturated carbocycles. The second-order valence-electron chi connectivity index (χ2n) is 6.28. The summed E-state index contributed by atoms with van der Waals surface area (Å²) in [6.07, 6.45) is 7.58. The Labute approximate surface area is 162 Å². The van der Waals surface area contributed by atoms with Gasteiger partial charge in [-0.3, -0.25) is 0 Å². The van der Waals surface area contributed by atoms with E-state index in [2.05, 4.69) is 56.7 Å². The van der Waals surface area contributed by atoms with Gasteiger partial charge in [0.05, 0.1) is 11.2 Å². The van der Waals surface area contributed by atoms with Crippen LogP contribution >= 0.6 is 23.6 Å². The van der Waals surface area contributed by atoms with Crippen LogP contribution in [-0.4, -0.2) is 19.8 Å². The second kappa shape index (κ2) is 7.89. The van der Waals surface area contributed by atoms with Gasteiger partial charge in [-0.05, 0) is 53.8 Å². The van der Waals surface area contributed by atoms with Gasteiger partial charge in [-0.15, -0.1) is 11.3 Å². The van der Waals surface area contributed by atoms with E-state index >= 15 is 0 Å². The van der Waals surface area contributed by atoms with Gasteiger partial charge in [0.25, 0.3) is 0 Å². The van der Waals surface area contributed by atoms with Crippen molar-refractivity contribution in [1.29, 1.82) is 0 Å². The third-order valence-corrected chi connectivity index (χ3v) is 5.62. The highest BCUT2D eigenvalue weighted by atomic mass is 32.1. The van der Waals surface area contributed by atoms with Gasteiger partial charge in [-0.2, -0.15) is 0 Å². The van der Waals surface area contributed by atoms with Crippen LogP contribution in [0, 0.1) is 0 Å². The average Bonchev–Trinajstić information content (AvgIpc) is 3.36. The largest absolute Gasteiger partial charge is 0.346 e. The maximum Gasteiger partial charge on any atom is 0.137 e.